The number of nitrogens with one attached hydrogen (secondary N) is 1. The van der Waals surface area contributed by atoms with Gasteiger partial charge in [0.05, 0.1) is 32.6 Å². The minimum absolute atomic E-state index is 0.148. The molecule has 0 aliphatic heterocycles. The monoisotopic (exact) mass is 400 g/mol. The molecule has 0 bridgehead atoms. The number of likely N-dealkylation sites (N-methyl/N-ethyl adjacent to an activating group) is 1. The normalized spacial score (nSPS) is 10.9. The highest BCUT2D eigenvalue weighted by Gasteiger charge is 2.15. The summed E-state index contributed by atoms with van der Waals surface area (Å²) in [6.07, 6.45) is 1.54. The number of amides is 1. The Morgan fingerprint density at radius 3 is 2.69 bits per heavy atom. The van der Waals surface area contributed by atoms with E-state index in [1.54, 1.807) is 48.5 Å². The zero-order valence-electron chi connectivity index (χ0n) is 16.7. The lowest BCUT2D eigenvalue weighted by molar-refractivity contribution is -0.117. The molecule has 3 aromatic rings. The van der Waals surface area contributed by atoms with E-state index in [9.17, 15) is 4.79 Å². The number of furan rings is 1. The van der Waals surface area contributed by atoms with E-state index < -0.39 is 0 Å². The van der Waals surface area contributed by atoms with Crippen LogP contribution in [0.2, 0.25) is 0 Å². The van der Waals surface area contributed by atoms with Crippen molar-refractivity contribution in [3.8, 4) is 23.1 Å². The van der Waals surface area contributed by atoms with E-state index in [2.05, 4.69) is 15.5 Å². The lowest BCUT2D eigenvalue weighted by Crippen LogP contribution is -2.29. The summed E-state index contributed by atoms with van der Waals surface area (Å²) in [5, 5.41) is 6.73. The van der Waals surface area contributed by atoms with Crippen molar-refractivity contribution < 1.29 is 23.2 Å². The third-order valence-electron chi connectivity index (χ3n) is 3.86. The molecule has 29 heavy (non-hydrogen) atoms. The van der Waals surface area contributed by atoms with Crippen LogP contribution in [-0.4, -0.2) is 47.8 Å². The SMILES string of the molecule is CCOc1ccc(NC(=O)CN(C)Cc2nc(-c3ccco3)no2)cc1OCC. The van der Waals surface area contributed by atoms with Crippen LogP contribution in [0.4, 0.5) is 5.69 Å². The van der Waals surface area contributed by atoms with Gasteiger partial charge in [0.25, 0.3) is 0 Å². The van der Waals surface area contributed by atoms with Gasteiger partial charge in [-0.3, -0.25) is 9.69 Å². The molecule has 0 saturated carbocycles. The molecule has 0 atom stereocenters. The second-order valence-corrected chi connectivity index (χ2v) is 6.24. The van der Waals surface area contributed by atoms with Crippen molar-refractivity contribution in [3.63, 3.8) is 0 Å². The number of rotatable bonds is 10. The van der Waals surface area contributed by atoms with E-state index in [0.29, 0.717) is 54.4 Å². The maximum Gasteiger partial charge on any atom is 0.241 e. The predicted molar refractivity (Wildman–Crippen MR) is 106 cm³/mol. The number of anilines is 1. The van der Waals surface area contributed by atoms with Gasteiger partial charge in [-0.1, -0.05) is 5.16 Å². The van der Waals surface area contributed by atoms with Gasteiger partial charge in [0.1, 0.15) is 0 Å². The molecule has 1 aromatic carbocycles. The first-order valence-corrected chi connectivity index (χ1v) is 9.33. The molecule has 0 saturated heterocycles. The average Bonchev–Trinajstić information content (AvgIpc) is 3.35. The van der Waals surface area contributed by atoms with Crippen molar-refractivity contribution in [2.24, 2.45) is 0 Å². The smallest absolute Gasteiger partial charge is 0.241 e. The minimum atomic E-state index is -0.176. The Morgan fingerprint density at radius 2 is 1.97 bits per heavy atom. The number of aromatic nitrogens is 2. The summed E-state index contributed by atoms with van der Waals surface area (Å²) in [6.45, 7) is 5.31. The van der Waals surface area contributed by atoms with Crippen LogP contribution in [0, 0.1) is 0 Å². The fourth-order valence-electron chi connectivity index (χ4n) is 2.69. The van der Waals surface area contributed by atoms with Crippen LogP contribution in [0.3, 0.4) is 0 Å². The van der Waals surface area contributed by atoms with Crippen molar-refractivity contribution >= 4 is 11.6 Å². The second-order valence-electron chi connectivity index (χ2n) is 6.24. The van der Waals surface area contributed by atoms with E-state index in [1.165, 1.54) is 0 Å². The molecule has 9 heteroatoms. The first-order valence-electron chi connectivity index (χ1n) is 9.33. The van der Waals surface area contributed by atoms with Gasteiger partial charge in [-0.15, -0.1) is 0 Å². The fraction of sp³-hybridized carbons (Fsp3) is 0.350. The maximum atomic E-state index is 12.4. The molecule has 154 valence electrons. The van der Waals surface area contributed by atoms with Crippen molar-refractivity contribution in [1.82, 2.24) is 15.0 Å². The number of carbonyl (C=O) groups is 1. The molecule has 1 N–H and O–H groups in total. The fourth-order valence-corrected chi connectivity index (χ4v) is 2.69. The molecule has 0 fully saturated rings. The van der Waals surface area contributed by atoms with Gasteiger partial charge in [0.2, 0.25) is 17.6 Å². The Labute approximate surface area is 168 Å². The zero-order chi connectivity index (χ0) is 20.6. The van der Waals surface area contributed by atoms with Gasteiger partial charge in [-0.25, -0.2) is 0 Å². The van der Waals surface area contributed by atoms with Crippen LogP contribution in [0.1, 0.15) is 19.7 Å². The van der Waals surface area contributed by atoms with Gasteiger partial charge in [0, 0.05) is 11.8 Å². The molecular formula is C20H24N4O5. The molecular weight excluding hydrogens is 376 g/mol. The van der Waals surface area contributed by atoms with Crippen LogP contribution in [0.25, 0.3) is 11.6 Å². The van der Waals surface area contributed by atoms with E-state index in [-0.39, 0.29) is 12.5 Å². The Morgan fingerprint density at radius 1 is 1.17 bits per heavy atom. The standard InChI is InChI=1S/C20H24N4O5/c1-4-26-15-9-8-14(11-17(15)27-5-2)21-18(25)12-24(3)13-19-22-20(23-29-19)16-7-6-10-28-16/h6-11H,4-5,12-13H2,1-3H3,(H,21,25). The molecule has 2 heterocycles. The summed E-state index contributed by atoms with van der Waals surface area (Å²) in [6, 6.07) is 8.81. The van der Waals surface area contributed by atoms with Gasteiger partial charge in [-0.05, 0) is 45.2 Å². The van der Waals surface area contributed by atoms with Gasteiger partial charge >= 0.3 is 0 Å². The number of hydrogen-bond donors (Lipinski definition) is 1. The molecule has 0 unspecified atom stereocenters. The van der Waals surface area contributed by atoms with Crippen LogP contribution >= 0.6 is 0 Å². The summed E-state index contributed by atoms with van der Waals surface area (Å²) < 4.78 is 21.6. The summed E-state index contributed by atoms with van der Waals surface area (Å²) in [7, 11) is 1.79. The van der Waals surface area contributed by atoms with Crippen molar-refractivity contribution in [2.45, 2.75) is 20.4 Å². The van der Waals surface area contributed by atoms with Gasteiger partial charge in [0.15, 0.2) is 17.3 Å². The maximum absolute atomic E-state index is 12.4. The van der Waals surface area contributed by atoms with E-state index >= 15 is 0 Å². The number of hydrogen-bond acceptors (Lipinski definition) is 8. The summed E-state index contributed by atoms with van der Waals surface area (Å²) in [5.41, 5.74) is 0.633. The minimum Gasteiger partial charge on any atom is -0.490 e. The molecule has 3 rings (SSSR count). The third-order valence-corrected chi connectivity index (χ3v) is 3.86. The first-order chi connectivity index (χ1) is 14.1. The Balaban J connectivity index is 1.55. The molecule has 0 aliphatic rings. The zero-order valence-corrected chi connectivity index (χ0v) is 16.7. The van der Waals surface area contributed by atoms with Crippen molar-refractivity contribution in [1.29, 1.82) is 0 Å². The molecule has 0 spiro atoms. The van der Waals surface area contributed by atoms with Gasteiger partial charge < -0.3 is 23.7 Å². The number of benzene rings is 1. The largest absolute Gasteiger partial charge is 0.490 e. The highest BCUT2D eigenvalue weighted by molar-refractivity contribution is 5.92. The number of carbonyl (C=O) groups excluding carboxylic acids is 1. The Hall–Kier alpha value is -3.33. The quantitative estimate of drug-likeness (QED) is 0.553. The Bertz CT molecular complexity index is 923. The number of nitrogens with zero attached hydrogens (tertiary/aromatic N) is 3. The molecule has 1 amide bonds. The predicted octanol–water partition coefficient (Wildman–Crippen LogP) is 3.20. The summed E-state index contributed by atoms with van der Waals surface area (Å²) >= 11 is 0. The van der Waals surface area contributed by atoms with Crippen molar-refractivity contribution in [2.75, 3.05) is 32.1 Å². The lowest BCUT2D eigenvalue weighted by atomic mass is 10.2. The topological polar surface area (TPSA) is 103 Å². The van der Waals surface area contributed by atoms with Crippen LogP contribution in [0.5, 0.6) is 11.5 Å². The molecule has 2 aromatic heterocycles. The second kappa shape index (κ2) is 9.74. The highest BCUT2D eigenvalue weighted by atomic mass is 16.5. The lowest BCUT2D eigenvalue weighted by Gasteiger charge is -2.15. The summed E-state index contributed by atoms with van der Waals surface area (Å²) in [5.74, 6) is 2.36. The van der Waals surface area contributed by atoms with Crippen LogP contribution in [-0.2, 0) is 11.3 Å². The molecule has 0 aliphatic carbocycles. The van der Waals surface area contributed by atoms with Gasteiger partial charge in [-0.2, -0.15) is 4.98 Å². The highest BCUT2D eigenvalue weighted by Crippen LogP contribution is 2.30. The van der Waals surface area contributed by atoms with E-state index in [1.807, 2.05) is 13.8 Å². The van der Waals surface area contributed by atoms with E-state index in [0.717, 1.165) is 0 Å². The third kappa shape index (κ3) is 5.58. The van der Waals surface area contributed by atoms with E-state index in [4.69, 9.17) is 18.4 Å². The van der Waals surface area contributed by atoms with Crippen molar-refractivity contribution in [3.05, 3.63) is 42.5 Å². The van der Waals surface area contributed by atoms with Crippen LogP contribution < -0.4 is 14.8 Å². The summed E-state index contributed by atoms with van der Waals surface area (Å²) in [4.78, 5) is 18.4. The number of ether oxygens (including phenoxy) is 2. The Kier molecular flexibility index (Phi) is 6.85. The first kappa shape index (κ1) is 20.4. The average molecular weight is 400 g/mol. The molecule has 9 nitrogen and oxygen atoms in total. The molecule has 0 radical (unpaired) electrons. The van der Waals surface area contributed by atoms with Crippen LogP contribution in [0.15, 0.2) is 45.5 Å².